The summed E-state index contributed by atoms with van der Waals surface area (Å²) in [6.45, 7) is 0. The molecule has 0 bridgehead atoms. The molecule has 4 rings (SSSR count). The van der Waals surface area contributed by atoms with E-state index in [0.29, 0.717) is 17.0 Å². The van der Waals surface area contributed by atoms with Crippen LogP contribution in [0.15, 0.2) is 42.5 Å². The smallest absolute Gasteiger partial charge is 0.256 e. The molecule has 0 radical (unpaired) electrons. The summed E-state index contributed by atoms with van der Waals surface area (Å²) < 4.78 is 12.9. The second kappa shape index (κ2) is 5.70. The molecule has 118 valence electrons. The number of halogens is 1. The van der Waals surface area contributed by atoms with Crippen molar-refractivity contribution in [3.8, 4) is 11.5 Å². The quantitative estimate of drug-likeness (QED) is 0.722. The van der Waals surface area contributed by atoms with Crippen LogP contribution in [0.25, 0.3) is 0 Å². The molecule has 4 nitrogen and oxygen atoms in total. The molecule has 2 aliphatic rings. The number of amides is 1. The summed E-state index contributed by atoms with van der Waals surface area (Å²) in [5.41, 5.74) is 1.38. The normalized spacial score (nSPS) is 17.4. The lowest BCUT2D eigenvalue weighted by Gasteiger charge is -2.21. The molecule has 0 saturated heterocycles. The predicted molar refractivity (Wildman–Crippen MR) is 96.0 cm³/mol. The minimum Gasteiger partial charge on any atom is -0.448 e. The van der Waals surface area contributed by atoms with Gasteiger partial charge in [0.25, 0.3) is 11.7 Å². The number of fused-ring (bicyclic) bond motifs is 1. The van der Waals surface area contributed by atoms with Crippen LogP contribution in [-0.4, -0.2) is 11.7 Å². The molecule has 0 atom stereocenters. The number of hydrogen-bond acceptors (Lipinski definition) is 3. The highest BCUT2D eigenvalue weighted by molar-refractivity contribution is 14.1. The van der Waals surface area contributed by atoms with Gasteiger partial charge in [0.2, 0.25) is 0 Å². The summed E-state index contributed by atoms with van der Waals surface area (Å²) in [6.07, 6.45) is 4.10. The molecular weight excluding hydrogens is 405 g/mol. The van der Waals surface area contributed by atoms with Crippen molar-refractivity contribution in [3.05, 3.63) is 51.6 Å². The fourth-order valence-corrected chi connectivity index (χ4v) is 3.77. The Hall–Kier alpha value is -1.76. The lowest BCUT2D eigenvalue weighted by atomic mass is 10.2. The van der Waals surface area contributed by atoms with E-state index >= 15 is 0 Å². The number of nitrogens with one attached hydrogen (secondary N) is 1. The van der Waals surface area contributed by atoms with Crippen molar-refractivity contribution in [3.63, 3.8) is 0 Å². The van der Waals surface area contributed by atoms with Crippen molar-refractivity contribution in [1.82, 2.24) is 0 Å². The van der Waals surface area contributed by atoms with Crippen LogP contribution in [0.3, 0.4) is 0 Å². The Bertz CT molecular complexity index is 769. The van der Waals surface area contributed by atoms with Gasteiger partial charge in [-0.25, -0.2) is 0 Å². The fraction of sp³-hybridized carbons (Fsp3) is 0.278. The van der Waals surface area contributed by atoms with E-state index in [0.717, 1.165) is 35.0 Å². The molecule has 1 heterocycles. The maximum absolute atomic E-state index is 12.4. The Balaban J connectivity index is 1.54. The molecule has 1 aliphatic heterocycles. The molecule has 1 saturated carbocycles. The summed E-state index contributed by atoms with van der Waals surface area (Å²) in [7, 11) is 0. The predicted octanol–water partition coefficient (Wildman–Crippen LogP) is 4.59. The summed E-state index contributed by atoms with van der Waals surface area (Å²) in [4.78, 5) is 12.4. The van der Waals surface area contributed by atoms with Gasteiger partial charge in [0, 0.05) is 28.2 Å². The number of benzene rings is 2. The van der Waals surface area contributed by atoms with Crippen molar-refractivity contribution in [2.45, 2.75) is 31.5 Å². The number of rotatable bonds is 2. The fourth-order valence-electron chi connectivity index (χ4n) is 3.13. The van der Waals surface area contributed by atoms with Gasteiger partial charge in [-0.3, -0.25) is 4.79 Å². The summed E-state index contributed by atoms with van der Waals surface area (Å²) >= 11 is 2.16. The van der Waals surface area contributed by atoms with Crippen molar-refractivity contribution in [1.29, 1.82) is 0 Å². The third-order valence-corrected chi connectivity index (χ3v) is 5.22. The first kappa shape index (κ1) is 14.8. The molecule has 0 aromatic heterocycles. The summed E-state index contributed by atoms with van der Waals surface area (Å²) in [5, 5.41) is 2.93. The van der Waals surface area contributed by atoms with Gasteiger partial charge in [0.15, 0.2) is 11.5 Å². The Morgan fingerprint density at radius 2 is 1.78 bits per heavy atom. The van der Waals surface area contributed by atoms with Gasteiger partial charge in [0.1, 0.15) is 0 Å². The van der Waals surface area contributed by atoms with Crippen molar-refractivity contribution in [2.24, 2.45) is 0 Å². The van der Waals surface area contributed by atoms with Crippen LogP contribution in [0.4, 0.5) is 5.69 Å². The van der Waals surface area contributed by atoms with Gasteiger partial charge in [-0.1, -0.05) is 12.1 Å². The van der Waals surface area contributed by atoms with E-state index in [-0.39, 0.29) is 5.91 Å². The SMILES string of the molecule is O=C(Nc1ccc2c(c1)OC1(CCCC1)O2)c1ccccc1I. The maximum atomic E-state index is 12.4. The highest BCUT2D eigenvalue weighted by atomic mass is 127. The van der Waals surface area contributed by atoms with Crippen molar-refractivity contribution < 1.29 is 14.3 Å². The zero-order valence-corrected chi connectivity index (χ0v) is 14.6. The van der Waals surface area contributed by atoms with Crippen LogP contribution >= 0.6 is 22.6 Å². The Morgan fingerprint density at radius 3 is 2.57 bits per heavy atom. The summed E-state index contributed by atoms with van der Waals surface area (Å²) in [6, 6.07) is 13.1. The lowest BCUT2D eigenvalue weighted by molar-refractivity contribution is -0.0716. The molecule has 1 N–H and O–H groups in total. The van der Waals surface area contributed by atoms with E-state index in [1.54, 1.807) is 0 Å². The molecule has 1 amide bonds. The van der Waals surface area contributed by atoms with E-state index in [4.69, 9.17) is 9.47 Å². The molecule has 23 heavy (non-hydrogen) atoms. The van der Waals surface area contributed by atoms with E-state index in [9.17, 15) is 4.79 Å². The van der Waals surface area contributed by atoms with Gasteiger partial charge >= 0.3 is 0 Å². The van der Waals surface area contributed by atoms with E-state index < -0.39 is 5.79 Å². The van der Waals surface area contributed by atoms with E-state index in [1.807, 2.05) is 42.5 Å². The molecular formula is C18H16INO3. The van der Waals surface area contributed by atoms with Gasteiger partial charge < -0.3 is 14.8 Å². The first-order valence-electron chi connectivity index (χ1n) is 7.73. The average molecular weight is 421 g/mol. The highest BCUT2D eigenvalue weighted by Gasteiger charge is 2.44. The zero-order valence-electron chi connectivity index (χ0n) is 12.5. The minimum atomic E-state index is -0.472. The average Bonchev–Trinajstić information content (AvgIpc) is 3.13. The molecule has 1 aliphatic carbocycles. The standard InChI is InChI=1S/C18H16INO3/c19-14-6-2-1-5-13(14)17(21)20-12-7-8-15-16(11-12)23-18(22-15)9-3-4-10-18/h1-2,5-8,11H,3-4,9-10H2,(H,20,21). The first-order valence-corrected chi connectivity index (χ1v) is 8.81. The molecule has 5 heteroatoms. The van der Waals surface area contributed by atoms with E-state index in [2.05, 4.69) is 27.9 Å². The first-order chi connectivity index (χ1) is 11.2. The van der Waals surface area contributed by atoms with Crippen LogP contribution in [0.5, 0.6) is 11.5 Å². The zero-order chi connectivity index (χ0) is 15.9. The van der Waals surface area contributed by atoms with Gasteiger partial charge in [0.05, 0.1) is 5.56 Å². The van der Waals surface area contributed by atoms with Crippen LogP contribution < -0.4 is 14.8 Å². The molecule has 1 fully saturated rings. The Morgan fingerprint density at radius 1 is 1.04 bits per heavy atom. The van der Waals surface area contributed by atoms with Crippen LogP contribution in [0, 0.1) is 3.57 Å². The lowest BCUT2D eigenvalue weighted by Crippen LogP contribution is -2.34. The minimum absolute atomic E-state index is 0.121. The molecule has 2 aromatic rings. The molecule has 0 unspecified atom stereocenters. The van der Waals surface area contributed by atoms with Crippen LogP contribution in [-0.2, 0) is 0 Å². The highest BCUT2D eigenvalue weighted by Crippen LogP contribution is 2.47. The number of carbonyl (C=O) groups is 1. The van der Waals surface area contributed by atoms with E-state index in [1.165, 1.54) is 0 Å². The number of ether oxygens (including phenoxy) is 2. The third kappa shape index (κ3) is 2.78. The number of carbonyl (C=O) groups excluding carboxylic acids is 1. The monoisotopic (exact) mass is 421 g/mol. The van der Waals surface area contributed by atoms with Crippen molar-refractivity contribution >= 4 is 34.2 Å². The van der Waals surface area contributed by atoms with Crippen LogP contribution in [0.1, 0.15) is 36.0 Å². The maximum Gasteiger partial charge on any atom is 0.256 e. The van der Waals surface area contributed by atoms with Gasteiger partial charge in [-0.05, 0) is 59.7 Å². The largest absolute Gasteiger partial charge is 0.448 e. The Labute approximate surface area is 148 Å². The molecule has 2 aromatic carbocycles. The topological polar surface area (TPSA) is 47.6 Å². The number of anilines is 1. The van der Waals surface area contributed by atoms with Crippen LogP contribution in [0.2, 0.25) is 0 Å². The molecule has 1 spiro atoms. The Kier molecular flexibility index (Phi) is 3.67. The third-order valence-electron chi connectivity index (χ3n) is 4.28. The van der Waals surface area contributed by atoms with Gasteiger partial charge in [-0.2, -0.15) is 0 Å². The van der Waals surface area contributed by atoms with Gasteiger partial charge in [-0.15, -0.1) is 0 Å². The summed E-state index contributed by atoms with van der Waals surface area (Å²) in [5.74, 6) is 0.885. The van der Waals surface area contributed by atoms with Crippen molar-refractivity contribution in [2.75, 3.05) is 5.32 Å². The number of hydrogen-bond donors (Lipinski definition) is 1. The second-order valence-corrected chi connectivity index (χ2v) is 7.08. The second-order valence-electron chi connectivity index (χ2n) is 5.92.